The summed E-state index contributed by atoms with van der Waals surface area (Å²) in [4.78, 5) is 6.26. The Kier molecular flexibility index (Phi) is 5.35. The van der Waals surface area contributed by atoms with Crippen LogP contribution in [0.25, 0.3) is 0 Å². The lowest BCUT2D eigenvalue weighted by Gasteiger charge is -2.32. The van der Waals surface area contributed by atoms with Crippen LogP contribution in [0, 0.1) is 17.2 Å². The first kappa shape index (κ1) is 14.0. The zero-order chi connectivity index (χ0) is 13.5. The van der Waals surface area contributed by atoms with Crippen molar-refractivity contribution in [3.63, 3.8) is 0 Å². The Hall–Kier alpha value is -1.40. The van der Waals surface area contributed by atoms with Gasteiger partial charge in [-0.25, -0.2) is 0 Å². The average Bonchev–Trinajstić information content (AvgIpc) is 2.48. The van der Waals surface area contributed by atoms with Gasteiger partial charge < -0.3 is 0 Å². The molecule has 3 nitrogen and oxygen atoms in total. The molecule has 0 radical (unpaired) electrons. The third kappa shape index (κ3) is 4.04. The number of likely N-dealkylation sites (N-methyl/N-ethyl adjacent to an activating group) is 1. The molecular weight excluding hydrogens is 234 g/mol. The average molecular weight is 257 g/mol. The molecule has 0 aliphatic heterocycles. The molecule has 1 aliphatic rings. The molecule has 19 heavy (non-hydrogen) atoms. The molecule has 0 bridgehead atoms. The summed E-state index contributed by atoms with van der Waals surface area (Å²) in [6.07, 6.45) is 11.0. The van der Waals surface area contributed by atoms with Crippen LogP contribution in [-0.2, 0) is 6.42 Å². The molecule has 0 saturated heterocycles. The minimum atomic E-state index is 0.0853. The molecule has 1 saturated carbocycles. The highest BCUT2D eigenvalue weighted by Gasteiger charge is 2.26. The monoisotopic (exact) mass is 257 g/mol. The zero-order valence-electron chi connectivity index (χ0n) is 11.8. The molecule has 1 aromatic rings. The normalized spacial score (nSPS) is 18.2. The largest absolute Gasteiger partial charge is 0.291 e. The van der Waals surface area contributed by atoms with Crippen LogP contribution < -0.4 is 0 Å². The van der Waals surface area contributed by atoms with Crippen LogP contribution in [0.3, 0.4) is 0 Å². The van der Waals surface area contributed by atoms with Crippen molar-refractivity contribution in [2.75, 3.05) is 13.6 Å². The highest BCUT2D eigenvalue weighted by molar-refractivity contribution is 5.10. The van der Waals surface area contributed by atoms with E-state index in [4.69, 9.17) is 0 Å². The molecule has 0 aromatic carbocycles. The fourth-order valence-corrected chi connectivity index (χ4v) is 3.01. The van der Waals surface area contributed by atoms with E-state index in [2.05, 4.69) is 35.1 Å². The van der Waals surface area contributed by atoms with Gasteiger partial charge in [-0.05, 0) is 49.9 Å². The van der Waals surface area contributed by atoms with E-state index in [9.17, 15) is 5.26 Å². The van der Waals surface area contributed by atoms with Gasteiger partial charge in [0.25, 0.3) is 0 Å². The Morgan fingerprint density at radius 2 is 2.00 bits per heavy atom. The molecule has 1 aromatic heterocycles. The van der Waals surface area contributed by atoms with Crippen molar-refractivity contribution in [3.05, 3.63) is 30.1 Å². The topological polar surface area (TPSA) is 39.9 Å². The van der Waals surface area contributed by atoms with Gasteiger partial charge in [-0.2, -0.15) is 5.26 Å². The number of nitriles is 1. The predicted molar refractivity (Wildman–Crippen MR) is 76.5 cm³/mol. The minimum Gasteiger partial charge on any atom is -0.291 e. The van der Waals surface area contributed by atoms with Crippen LogP contribution >= 0.6 is 0 Å². The van der Waals surface area contributed by atoms with Crippen molar-refractivity contribution in [2.45, 2.75) is 44.6 Å². The van der Waals surface area contributed by atoms with Crippen molar-refractivity contribution < 1.29 is 0 Å². The van der Waals surface area contributed by atoms with E-state index in [0.29, 0.717) is 5.92 Å². The molecule has 0 amide bonds. The maximum Gasteiger partial charge on any atom is 0.100 e. The van der Waals surface area contributed by atoms with Gasteiger partial charge in [0.05, 0.1) is 6.07 Å². The molecule has 0 spiro atoms. The number of pyridine rings is 1. The molecular formula is C16H23N3. The summed E-state index contributed by atoms with van der Waals surface area (Å²) < 4.78 is 0. The molecule has 1 aliphatic carbocycles. The smallest absolute Gasteiger partial charge is 0.100 e. The van der Waals surface area contributed by atoms with Gasteiger partial charge in [-0.1, -0.05) is 19.3 Å². The van der Waals surface area contributed by atoms with Gasteiger partial charge in [0, 0.05) is 18.9 Å². The highest BCUT2D eigenvalue weighted by atomic mass is 15.1. The minimum absolute atomic E-state index is 0.0853. The summed E-state index contributed by atoms with van der Waals surface area (Å²) in [7, 11) is 2.09. The lowest BCUT2D eigenvalue weighted by Crippen LogP contribution is -2.39. The fraction of sp³-hybridized carbons (Fsp3) is 0.625. The van der Waals surface area contributed by atoms with Crippen LogP contribution in [0.4, 0.5) is 0 Å². The summed E-state index contributed by atoms with van der Waals surface area (Å²) in [6, 6.07) is 6.71. The first-order chi connectivity index (χ1) is 9.31. The third-order valence-electron chi connectivity index (χ3n) is 4.21. The van der Waals surface area contributed by atoms with Crippen molar-refractivity contribution >= 4 is 0 Å². The Morgan fingerprint density at radius 1 is 1.32 bits per heavy atom. The van der Waals surface area contributed by atoms with Gasteiger partial charge in [-0.3, -0.25) is 9.88 Å². The second-order valence-electron chi connectivity index (χ2n) is 5.56. The fourth-order valence-electron chi connectivity index (χ4n) is 3.01. The van der Waals surface area contributed by atoms with Crippen LogP contribution in [-0.4, -0.2) is 29.5 Å². The summed E-state index contributed by atoms with van der Waals surface area (Å²) in [5.74, 6) is 0.571. The summed E-state index contributed by atoms with van der Waals surface area (Å²) in [6.45, 7) is 0.943. The lowest BCUT2D eigenvalue weighted by molar-refractivity contribution is 0.185. The van der Waals surface area contributed by atoms with Crippen molar-refractivity contribution in [3.8, 4) is 6.07 Å². The van der Waals surface area contributed by atoms with Crippen molar-refractivity contribution in [1.29, 1.82) is 5.26 Å². The van der Waals surface area contributed by atoms with E-state index < -0.39 is 0 Å². The SMILES string of the molecule is CN(CCc1ccncc1)C(C#N)C1CCCCC1. The Balaban J connectivity index is 1.86. The van der Waals surface area contributed by atoms with E-state index in [1.54, 1.807) is 0 Å². The summed E-state index contributed by atoms with van der Waals surface area (Å²) in [5.41, 5.74) is 1.29. The van der Waals surface area contributed by atoms with Gasteiger partial charge >= 0.3 is 0 Å². The number of nitrogens with zero attached hydrogens (tertiary/aromatic N) is 3. The second-order valence-corrected chi connectivity index (χ2v) is 5.56. The van der Waals surface area contributed by atoms with Crippen molar-refractivity contribution in [2.24, 2.45) is 5.92 Å². The maximum atomic E-state index is 9.44. The first-order valence-corrected chi connectivity index (χ1v) is 7.30. The Labute approximate surface area is 116 Å². The molecule has 0 N–H and O–H groups in total. The molecule has 1 heterocycles. The zero-order valence-corrected chi connectivity index (χ0v) is 11.8. The number of rotatable bonds is 5. The van der Waals surface area contributed by atoms with Gasteiger partial charge in [-0.15, -0.1) is 0 Å². The highest BCUT2D eigenvalue weighted by Crippen LogP contribution is 2.28. The van der Waals surface area contributed by atoms with E-state index in [-0.39, 0.29) is 6.04 Å². The molecule has 102 valence electrons. The quantitative estimate of drug-likeness (QED) is 0.814. The number of hydrogen-bond acceptors (Lipinski definition) is 3. The Bertz CT molecular complexity index is 404. The number of hydrogen-bond donors (Lipinski definition) is 0. The second kappa shape index (κ2) is 7.25. The molecule has 3 heteroatoms. The summed E-state index contributed by atoms with van der Waals surface area (Å²) >= 11 is 0. The lowest BCUT2D eigenvalue weighted by atomic mass is 9.84. The molecule has 2 rings (SSSR count). The third-order valence-corrected chi connectivity index (χ3v) is 4.21. The van der Waals surface area contributed by atoms with E-state index >= 15 is 0 Å². The number of aromatic nitrogens is 1. The van der Waals surface area contributed by atoms with Crippen LogP contribution in [0.15, 0.2) is 24.5 Å². The molecule has 1 fully saturated rings. The molecule has 1 unspecified atom stereocenters. The predicted octanol–water partition coefficient (Wildman–Crippen LogP) is 3.03. The van der Waals surface area contributed by atoms with Crippen LogP contribution in [0.2, 0.25) is 0 Å². The van der Waals surface area contributed by atoms with Crippen LogP contribution in [0.5, 0.6) is 0 Å². The summed E-state index contributed by atoms with van der Waals surface area (Å²) in [5, 5.41) is 9.44. The first-order valence-electron chi connectivity index (χ1n) is 7.30. The maximum absolute atomic E-state index is 9.44. The standard InChI is InChI=1S/C16H23N3/c1-19(12-9-14-7-10-18-11-8-14)16(13-17)15-5-3-2-4-6-15/h7-8,10-11,15-16H,2-6,9,12H2,1H3. The molecule has 1 atom stereocenters. The Morgan fingerprint density at radius 3 is 2.63 bits per heavy atom. The van der Waals surface area contributed by atoms with E-state index in [1.165, 1.54) is 37.7 Å². The van der Waals surface area contributed by atoms with Crippen molar-refractivity contribution in [1.82, 2.24) is 9.88 Å². The van der Waals surface area contributed by atoms with E-state index in [0.717, 1.165) is 13.0 Å². The van der Waals surface area contributed by atoms with Gasteiger partial charge in [0.1, 0.15) is 6.04 Å². The van der Waals surface area contributed by atoms with Gasteiger partial charge in [0.15, 0.2) is 0 Å². The van der Waals surface area contributed by atoms with Gasteiger partial charge in [0.2, 0.25) is 0 Å². The van der Waals surface area contributed by atoms with E-state index in [1.807, 2.05) is 12.4 Å². The van der Waals surface area contributed by atoms with Crippen LogP contribution in [0.1, 0.15) is 37.7 Å².